The summed E-state index contributed by atoms with van der Waals surface area (Å²) in [5.41, 5.74) is 16.9. The molecule has 1 aromatic heterocycles. The van der Waals surface area contributed by atoms with Crippen LogP contribution in [0.25, 0.3) is 0 Å². The van der Waals surface area contributed by atoms with Crippen LogP contribution in [0.4, 0.5) is 24.5 Å². The number of nitrogens with two attached hydrogens (primary N) is 2. The largest absolute Gasteiger partial charge is 0.433 e. The second kappa shape index (κ2) is 18.5. The average Bonchev–Trinajstić information content (AvgIpc) is 3.11. The molecule has 5 rings (SSSR count). The number of halogens is 3. The van der Waals surface area contributed by atoms with Gasteiger partial charge in [0.05, 0.1) is 30.0 Å². The number of carbonyl (C=O) groups excluding carboxylic acids is 2. The van der Waals surface area contributed by atoms with Crippen LogP contribution in [-0.2, 0) is 15.7 Å². The molecule has 1 saturated heterocycles. The van der Waals surface area contributed by atoms with Gasteiger partial charge in [0.15, 0.2) is 5.78 Å². The molecule has 279 valence electrons. The van der Waals surface area contributed by atoms with Gasteiger partial charge in [0, 0.05) is 47.7 Å². The summed E-state index contributed by atoms with van der Waals surface area (Å²) in [6.07, 6.45) is 7.54. The molecule has 8 nitrogen and oxygen atoms in total. The van der Waals surface area contributed by atoms with Crippen molar-refractivity contribution in [3.63, 3.8) is 0 Å². The fourth-order valence-corrected chi connectivity index (χ4v) is 6.62. The second-order valence-electron chi connectivity index (χ2n) is 13.9. The molecule has 2 aliphatic heterocycles. The predicted molar refractivity (Wildman–Crippen MR) is 203 cm³/mol. The number of aliphatic imine (C=N–C) groups is 1. The molecule has 1 aliphatic carbocycles. The molecular formula is C40H52BF3N5O3. The Morgan fingerprint density at radius 3 is 2.38 bits per heavy atom. The van der Waals surface area contributed by atoms with E-state index < -0.39 is 29.9 Å². The smallest absolute Gasteiger partial charge is 0.400 e. The first-order valence-electron chi connectivity index (χ1n) is 18.4. The number of hydrogen-bond donors (Lipinski definition) is 2. The van der Waals surface area contributed by atoms with Crippen molar-refractivity contribution in [1.29, 1.82) is 0 Å². The third kappa shape index (κ3) is 10.2. The highest BCUT2D eigenvalue weighted by Gasteiger charge is 2.38. The number of nitrogen functional groups attached to an aromatic ring is 1. The molecule has 4 N–H and O–H groups in total. The molecule has 0 spiro atoms. The third-order valence-corrected chi connectivity index (χ3v) is 9.96. The number of anilines is 1. The van der Waals surface area contributed by atoms with Crippen LogP contribution in [-0.4, -0.2) is 59.9 Å². The van der Waals surface area contributed by atoms with Crippen LogP contribution < -0.4 is 11.5 Å². The Morgan fingerprint density at radius 1 is 1.17 bits per heavy atom. The van der Waals surface area contributed by atoms with Crippen LogP contribution in [0.2, 0.25) is 12.6 Å². The number of benzene rings is 1. The number of piperidine rings is 1. The third-order valence-electron chi connectivity index (χ3n) is 9.96. The Morgan fingerprint density at radius 2 is 1.88 bits per heavy atom. The van der Waals surface area contributed by atoms with Crippen molar-refractivity contribution in [2.45, 2.75) is 110 Å². The number of aromatic nitrogens is 1. The Bertz CT molecular complexity index is 1670. The first-order valence-corrected chi connectivity index (χ1v) is 18.4. The zero-order valence-electron chi connectivity index (χ0n) is 30.8. The quantitative estimate of drug-likeness (QED) is 0.136. The molecule has 2 unspecified atom stereocenters. The van der Waals surface area contributed by atoms with Gasteiger partial charge in [-0.3, -0.25) is 19.6 Å². The standard InChI is InChI=1S/C34H42BF3N5O2.C6H10O/c1-3-28-31(32(40)29(4-2)45-20-21-12-15-35-16-13-21)27(42-24-10-8-23(9-11-24)22-6-5-7-22)14-17-43(28)33(44)25-19-41-30(18-26(25)39)34(36,37)38;1-4-6(7)5(2)3/h8-12,18-19,22,28-29H,3-7,13-17,20,40H2,1-2H3,(H2,39,41);4-5H,1H2,2-3H3/b32-31+,42-27?;. The van der Waals surface area contributed by atoms with Gasteiger partial charge in [-0.2, -0.15) is 13.2 Å². The van der Waals surface area contributed by atoms with Crippen LogP contribution >= 0.6 is 0 Å². The zero-order chi connectivity index (χ0) is 38.0. The van der Waals surface area contributed by atoms with Crippen molar-refractivity contribution in [3.8, 4) is 0 Å². The molecule has 1 aromatic carbocycles. The summed E-state index contributed by atoms with van der Waals surface area (Å²) < 4.78 is 46.1. The zero-order valence-corrected chi connectivity index (χ0v) is 30.8. The number of hydrogen-bond acceptors (Lipinski definition) is 7. The van der Waals surface area contributed by atoms with Crippen LogP contribution in [0, 0.1) is 5.92 Å². The molecule has 52 heavy (non-hydrogen) atoms. The molecule has 2 fully saturated rings. The number of pyridine rings is 1. The summed E-state index contributed by atoms with van der Waals surface area (Å²) >= 11 is 0. The minimum atomic E-state index is -4.67. The van der Waals surface area contributed by atoms with Crippen molar-refractivity contribution >= 4 is 36.1 Å². The van der Waals surface area contributed by atoms with Crippen molar-refractivity contribution < 1.29 is 27.5 Å². The maximum Gasteiger partial charge on any atom is 0.433 e. The Hall–Kier alpha value is -4.19. The minimum Gasteiger partial charge on any atom is -0.400 e. The summed E-state index contributed by atoms with van der Waals surface area (Å²) in [5, 5.41) is 0. The normalized spacial score (nSPS) is 20.2. The van der Waals surface area contributed by atoms with E-state index in [2.05, 4.69) is 37.1 Å². The van der Waals surface area contributed by atoms with E-state index in [9.17, 15) is 22.8 Å². The summed E-state index contributed by atoms with van der Waals surface area (Å²) in [5.74, 6) is 0.341. The number of amides is 1. The van der Waals surface area contributed by atoms with Gasteiger partial charge in [0.1, 0.15) is 13.0 Å². The van der Waals surface area contributed by atoms with Crippen LogP contribution in [0.5, 0.6) is 0 Å². The molecular weight excluding hydrogens is 666 g/mol. The summed E-state index contributed by atoms with van der Waals surface area (Å²) in [4.78, 5) is 34.5. The molecule has 12 heteroatoms. The molecule has 1 amide bonds. The van der Waals surface area contributed by atoms with Crippen LogP contribution in [0.15, 0.2) is 77.1 Å². The molecule has 2 atom stereocenters. The predicted octanol–water partition coefficient (Wildman–Crippen LogP) is 8.62. The van der Waals surface area contributed by atoms with Gasteiger partial charge >= 0.3 is 6.18 Å². The van der Waals surface area contributed by atoms with Crippen molar-refractivity contribution in [2.24, 2.45) is 16.6 Å². The van der Waals surface area contributed by atoms with E-state index in [0.717, 1.165) is 42.2 Å². The van der Waals surface area contributed by atoms with E-state index in [1.807, 2.05) is 39.8 Å². The van der Waals surface area contributed by atoms with E-state index in [1.165, 1.54) is 36.5 Å². The van der Waals surface area contributed by atoms with Crippen LogP contribution in [0.1, 0.15) is 100 Å². The molecule has 1 saturated carbocycles. The maximum atomic E-state index is 13.9. The Kier molecular flexibility index (Phi) is 14.5. The number of carbonyl (C=O) groups is 2. The van der Waals surface area contributed by atoms with E-state index >= 15 is 0 Å². The molecule has 0 bridgehead atoms. The van der Waals surface area contributed by atoms with Gasteiger partial charge in [-0.15, -0.1) is 0 Å². The van der Waals surface area contributed by atoms with Crippen molar-refractivity contribution in [2.75, 3.05) is 18.9 Å². The fraction of sp³-hybridized carbons (Fsp3) is 0.500. The molecule has 1 radical (unpaired) electrons. The summed E-state index contributed by atoms with van der Waals surface area (Å²) in [6, 6.07) is 8.56. The molecule has 3 heterocycles. The first kappa shape index (κ1) is 40.6. The van der Waals surface area contributed by atoms with Crippen LogP contribution in [0.3, 0.4) is 0 Å². The highest BCUT2D eigenvalue weighted by Crippen LogP contribution is 2.38. The highest BCUT2D eigenvalue weighted by atomic mass is 19.4. The first-order chi connectivity index (χ1) is 24.8. The van der Waals surface area contributed by atoms with Gasteiger partial charge in [0.2, 0.25) is 0 Å². The lowest BCUT2D eigenvalue weighted by atomic mass is 9.65. The second-order valence-corrected chi connectivity index (χ2v) is 13.9. The lowest BCUT2D eigenvalue weighted by Gasteiger charge is -2.40. The maximum absolute atomic E-state index is 13.9. The Balaban J connectivity index is 0.000000785. The monoisotopic (exact) mass is 718 g/mol. The number of allylic oxidation sites excluding steroid dienone is 2. The van der Waals surface area contributed by atoms with Gasteiger partial charge in [-0.1, -0.05) is 77.1 Å². The number of alkyl halides is 3. The minimum absolute atomic E-state index is 0.0734. The van der Waals surface area contributed by atoms with E-state index in [0.29, 0.717) is 50.1 Å². The van der Waals surface area contributed by atoms with Gasteiger partial charge in [-0.05, 0) is 67.9 Å². The number of ketones is 1. The number of rotatable bonds is 11. The summed E-state index contributed by atoms with van der Waals surface area (Å²) in [7, 11) is 2.25. The van der Waals surface area contributed by atoms with E-state index in [1.54, 1.807) is 4.90 Å². The molecule has 2 aromatic rings. The van der Waals surface area contributed by atoms with Crippen molar-refractivity contribution in [3.05, 3.63) is 88.9 Å². The number of nitrogens with zero attached hydrogens (tertiary/aromatic N) is 3. The van der Waals surface area contributed by atoms with E-state index in [4.69, 9.17) is 21.2 Å². The SMILES string of the molecule is C=CC(=O)C(C)C.CCC(OCC1=CC[B]CC1)/C(N)=C1/C(=Nc2ccc(C3CCC3)cc2)CCN(C(=O)c2cnc(C(F)(F)F)cc2N)C1CC. The van der Waals surface area contributed by atoms with Gasteiger partial charge in [0.25, 0.3) is 5.91 Å². The topological polar surface area (TPSA) is 124 Å². The van der Waals surface area contributed by atoms with Gasteiger partial charge < -0.3 is 21.1 Å². The fourth-order valence-electron chi connectivity index (χ4n) is 6.62. The lowest BCUT2D eigenvalue weighted by molar-refractivity contribution is -0.141. The lowest BCUT2D eigenvalue weighted by Crippen LogP contribution is -2.49. The molecule has 3 aliphatic rings. The average molecular weight is 719 g/mol. The Labute approximate surface area is 306 Å². The number of likely N-dealkylation sites (tertiary alicyclic amines) is 1. The van der Waals surface area contributed by atoms with E-state index in [-0.39, 0.29) is 23.0 Å². The van der Waals surface area contributed by atoms with Crippen molar-refractivity contribution in [1.82, 2.24) is 9.88 Å². The van der Waals surface area contributed by atoms with Gasteiger partial charge in [-0.25, -0.2) is 0 Å². The highest BCUT2D eigenvalue weighted by molar-refractivity contribution is 6.36. The number of ether oxygens (including phenoxy) is 1. The summed E-state index contributed by atoms with van der Waals surface area (Å²) in [6.45, 7) is 11.8.